The Kier molecular flexibility index (Phi) is 6.13. The molecular weight excluding hydrogens is 390 g/mol. The van der Waals surface area contributed by atoms with E-state index in [1.807, 2.05) is 49.4 Å². The summed E-state index contributed by atoms with van der Waals surface area (Å²) in [6.07, 6.45) is 1.98. The number of halogens is 2. The maximum absolute atomic E-state index is 12.7. The zero-order chi connectivity index (χ0) is 16.4. The van der Waals surface area contributed by atoms with Gasteiger partial charge in [0.15, 0.2) is 0 Å². The van der Waals surface area contributed by atoms with Crippen LogP contribution in [0.1, 0.15) is 18.9 Å². The Bertz CT molecular complexity index is 738. The number of hydrogen-bond donors (Lipinski definition) is 2. The molecule has 2 aromatic rings. The van der Waals surface area contributed by atoms with Crippen LogP contribution in [-0.4, -0.2) is 18.5 Å². The summed E-state index contributed by atoms with van der Waals surface area (Å²) in [4.78, 5) is 14.8. The highest BCUT2D eigenvalue weighted by Gasteiger charge is 2.27. The predicted octanol–water partition coefficient (Wildman–Crippen LogP) is 4.23. The second-order valence-electron chi connectivity index (χ2n) is 5.79. The van der Waals surface area contributed by atoms with Crippen molar-refractivity contribution >= 4 is 51.3 Å². The van der Waals surface area contributed by atoms with Crippen LogP contribution >= 0.6 is 28.3 Å². The Morgan fingerprint density at radius 2 is 2.00 bits per heavy atom. The number of carbonyl (C=O) groups excluding carboxylic acids is 1. The van der Waals surface area contributed by atoms with Crippen molar-refractivity contribution in [3.05, 3.63) is 52.5 Å². The Balaban J connectivity index is 0.00000208. The van der Waals surface area contributed by atoms with Crippen LogP contribution in [0.15, 0.2) is 46.9 Å². The topological polar surface area (TPSA) is 58.4 Å². The number of nitrogen functional groups attached to an aromatic ring is 1. The molecule has 1 atom stereocenters. The summed E-state index contributed by atoms with van der Waals surface area (Å²) in [5.41, 5.74) is 9.91. The number of rotatable bonds is 3. The molecule has 0 spiro atoms. The van der Waals surface area contributed by atoms with E-state index in [9.17, 15) is 4.79 Å². The molecule has 6 heteroatoms. The first-order valence-electron chi connectivity index (χ1n) is 7.77. The number of anilines is 3. The fraction of sp³-hybridized carbons (Fsp3) is 0.278. The van der Waals surface area contributed by atoms with Gasteiger partial charge in [-0.1, -0.05) is 18.2 Å². The van der Waals surface area contributed by atoms with Gasteiger partial charge in [0.25, 0.3) is 0 Å². The molecule has 0 fully saturated rings. The fourth-order valence-corrected chi connectivity index (χ4v) is 3.41. The van der Waals surface area contributed by atoms with Gasteiger partial charge in [-0.2, -0.15) is 0 Å². The quantitative estimate of drug-likeness (QED) is 0.744. The van der Waals surface area contributed by atoms with Gasteiger partial charge < -0.3 is 16.0 Å². The third-order valence-corrected chi connectivity index (χ3v) is 4.99. The van der Waals surface area contributed by atoms with Crippen LogP contribution < -0.4 is 16.0 Å². The molecule has 0 bridgehead atoms. The number of nitrogens with zero attached hydrogens (tertiary/aromatic N) is 1. The highest BCUT2D eigenvalue weighted by Crippen LogP contribution is 2.33. The van der Waals surface area contributed by atoms with Gasteiger partial charge in [-0.15, -0.1) is 12.4 Å². The van der Waals surface area contributed by atoms with Crippen molar-refractivity contribution in [1.29, 1.82) is 0 Å². The first kappa shape index (κ1) is 18.6. The molecule has 2 aromatic carbocycles. The Labute approximate surface area is 157 Å². The summed E-state index contributed by atoms with van der Waals surface area (Å²) in [5.74, 6) is -0.0211. The summed E-state index contributed by atoms with van der Waals surface area (Å²) < 4.78 is 0.879. The smallest absolute Gasteiger partial charge is 0.246 e. The standard InChI is InChI=1S/C18H20BrN3O.ClH/c1-12(18(23)21-16-9-3-2-7-14(16)19)22-11-5-6-13-15(20)8-4-10-17(13)22;/h2-4,7-10,12H,5-6,11,20H2,1H3,(H,21,23);1H. The first-order valence-corrected chi connectivity index (χ1v) is 8.56. The highest BCUT2D eigenvalue weighted by atomic mass is 79.9. The van der Waals surface area contributed by atoms with E-state index in [4.69, 9.17) is 5.73 Å². The summed E-state index contributed by atoms with van der Waals surface area (Å²) in [6.45, 7) is 2.80. The van der Waals surface area contributed by atoms with Gasteiger partial charge in [0.2, 0.25) is 5.91 Å². The Hall–Kier alpha value is -1.72. The molecule has 3 rings (SSSR count). The van der Waals surface area contributed by atoms with Crippen LogP contribution in [0.25, 0.3) is 0 Å². The van der Waals surface area contributed by atoms with Crippen LogP contribution in [0.2, 0.25) is 0 Å². The normalized spacial score (nSPS) is 14.3. The van der Waals surface area contributed by atoms with Gasteiger partial charge in [0.05, 0.1) is 5.69 Å². The largest absolute Gasteiger partial charge is 0.398 e. The number of fused-ring (bicyclic) bond motifs is 1. The van der Waals surface area contributed by atoms with Crippen molar-refractivity contribution in [2.75, 3.05) is 22.5 Å². The number of hydrogen-bond acceptors (Lipinski definition) is 3. The number of carbonyl (C=O) groups is 1. The first-order chi connectivity index (χ1) is 11.1. The summed E-state index contributed by atoms with van der Waals surface area (Å²) in [5, 5.41) is 2.99. The van der Waals surface area contributed by atoms with E-state index in [0.29, 0.717) is 0 Å². The van der Waals surface area contributed by atoms with Crippen molar-refractivity contribution in [2.45, 2.75) is 25.8 Å². The van der Waals surface area contributed by atoms with E-state index >= 15 is 0 Å². The van der Waals surface area contributed by atoms with Gasteiger partial charge in [-0.05, 0) is 65.5 Å². The monoisotopic (exact) mass is 409 g/mol. The van der Waals surface area contributed by atoms with E-state index < -0.39 is 0 Å². The molecule has 3 N–H and O–H groups in total. The van der Waals surface area contributed by atoms with Gasteiger partial charge >= 0.3 is 0 Å². The Morgan fingerprint density at radius 3 is 2.75 bits per heavy atom. The lowest BCUT2D eigenvalue weighted by atomic mass is 9.98. The van der Waals surface area contributed by atoms with Gasteiger partial charge in [-0.3, -0.25) is 4.79 Å². The molecule has 0 aliphatic carbocycles. The predicted molar refractivity (Wildman–Crippen MR) is 106 cm³/mol. The molecule has 1 heterocycles. The van der Waals surface area contributed by atoms with Gasteiger partial charge in [0.1, 0.15) is 6.04 Å². The minimum absolute atomic E-state index is 0. The minimum atomic E-state index is -0.261. The minimum Gasteiger partial charge on any atom is -0.398 e. The van der Waals surface area contributed by atoms with Crippen molar-refractivity contribution < 1.29 is 4.79 Å². The van der Waals surface area contributed by atoms with Crippen LogP contribution in [0.5, 0.6) is 0 Å². The van der Waals surface area contributed by atoms with Crippen LogP contribution in [0.4, 0.5) is 17.1 Å². The summed E-state index contributed by atoms with van der Waals surface area (Å²) in [6, 6.07) is 13.3. The third-order valence-electron chi connectivity index (χ3n) is 4.30. The van der Waals surface area contributed by atoms with E-state index in [2.05, 4.69) is 26.1 Å². The average Bonchev–Trinajstić information content (AvgIpc) is 2.56. The molecule has 4 nitrogen and oxygen atoms in total. The molecule has 24 heavy (non-hydrogen) atoms. The summed E-state index contributed by atoms with van der Waals surface area (Å²) >= 11 is 3.46. The van der Waals surface area contributed by atoms with E-state index in [0.717, 1.165) is 46.5 Å². The fourth-order valence-electron chi connectivity index (χ4n) is 3.02. The lowest BCUT2D eigenvalue weighted by molar-refractivity contribution is -0.117. The van der Waals surface area contributed by atoms with Crippen LogP contribution in [0, 0.1) is 0 Å². The molecule has 0 saturated heterocycles. The molecule has 1 aliphatic rings. The lowest BCUT2D eigenvalue weighted by Crippen LogP contribution is -2.44. The second kappa shape index (κ2) is 7.90. The number of nitrogens with two attached hydrogens (primary N) is 1. The van der Waals surface area contributed by atoms with Crippen molar-refractivity contribution in [2.24, 2.45) is 0 Å². The van der Waals surface area contributed by atoms with Crippen LogP contribution in [-0.2, 0) is 11.2 Å². The van der Waals surface area contributed by atoms with E-state index in [1.54, 1.807) is 0 Å². The summed E-state index contributed by atoms with van der Waals surface area (Å²) in [7, 11) is 0. The van der Waals surface area contributed by atoms with Gasteiger partial charge in [-0.25, -0.2) is 0 Å². The highest BCUT2D eigenvalue weighted by molar-refractivity contribution is 9.10. The van der Waals surface area contributed by atoms with Gasteiger partial charge in [0, 0.05) is 22.4 Å². The molecule has 1 aliphatic heterocycles. The molecule has 1 amide bonds. The molecule has 0 saturated carbocycles. The number of amides is 1. The molecule has 0 aromatic heterocycles. The van der Waals surface area contributed by atoms with Crippen molar-refractivity contribution in [1.82, 2.24) is 0 Å². The SMILES string of the molecule is CC(C(=O)Nc1ccccc1Br)N1CCCc2c(N)cccc21.Cl. The second-order valence-corrected chi connectivity index (χ2v) is 6.64. The maximum atomic E-state index is 12.7. The molecule has 0 radical (unpaired) electrons. The number of para-hydroxylation sites is 1. The number of benzene rings is 2. The molecule has 1 unspecified atom stereocenters. The van der Waals surface area contributed by atoms with Crippen molar-refractivity contribution in [3.8, 4) is 0 Å². The number of nitrogens with one attached hydrogen (secondary N) is 1. The molecular formula is C18H21BrClN3O. The maximum Gasteiger partial charge on any atom is 0.246 e. The van der Waals surface area contributed by atoms with E-state index in [-0.39, 0.29) is 24.4 Å². The lowest BCUT2D eigenvalue weighted by Gasteiger charge is -2.36. The van der Waals surface area contributed by atoms with Crippen molar-refractivity contribution in [3.63, 3.8) is 0 Å². The zero-order valence-corrected chi connectivity index (χ0v) is 15.9. The molecule has 128 valence electrons. The van der Waals surface area contributed by atoms with E-state index in [1.165, 1.54) is 0 Å². The third kappa shape index (κ3) is 3.68. The zero-order valence-electron chi connectivity index (χ0n) is 13.5. The Morgan fingerprint density at radius 1 is 1.25 bits per heavy atom. The average molecular weight is 411 g/mol. The van der Waals surface area contributed by atoms with Crippen LogP contribution in [0.3, 0.4) is 0 Å².